The van der Waals surface area contributed by atoms with Crippen LogP contribution in [-0.2, 0) is 0 Å². The first-order valence-corrected chi connectivity index (χ1v) is 53.5. The van der Waals surface area contributed by atoms with E-state index in [2.05, 4.69) is 0 Å². The number of fused-ring (bicyclic) bond motifs is 65. The van der Waals surface area contributed by atoms with Gasteiger partial charge in [-0.1, -0.05) is 178 Å². The molecule has 42 unspecified atom stereocenters. The molecular formula is C112H200. The van der Waals surface area contributed by atoms with Crippen LogP contribution in [0, 0.1) is 272 Å². The highest BCUT2D eigenvalue weighted by molar-refractivity contribution is 5.20. The Labute approximate surface area is 702 Å². The lowest BCUT2D eigenvalue weighted by Crippen LogP contribution is -2.42. The van der Waals surface area contributed by atoms with Crippen molar-refractivity contribution in [1.29, 1.82) is 0 Å². The van der Waals surface area contributed by atoms with Crippen LogP contribution in [0.1, 0.15) is 435 Å². The Bertz CT molecular complexity index is 2580. The van der Waals surface area contributed by atoms with Gasteiger partial charge in [0, 0.05) is 0 Å². The molecule has 0 aromatic rings. The van der Waals surface area contributed by atoms with Gasteiger partial charge in [-0.25, -0.2) is 0 Å². The van der Waals surface area contributed by atoms with Gasteiger partial charge < -0.3 is 0 Å². The second-order valence-electron chi connectivity index (χ2n) is 45.1. The topological polar surface area (TPSA) is 0 Å². The van der Waals surface area contributed by atoms with Crippen LogP contribution in [0.25, 0.3) is 0 Å². The van der Waals surface area contributed by atoms with Crippen molar-refractivity contribution in [3.63, 3.8) is 0 Å². The summed E-state index contributed by atoms with van der Waals surface area (Å²) in [6, 6.07) is 0. The summed E-state index contributed by atoms with van der Waals surface area (Å²) in [6.45, 7) is 28.0. The van der Waals surface area contributed by atoms with Gasteiger partial charge in [0.05, 0.1) is 0 Å². The lowest BCUT2D eigenvalue weighted by Gasteiger charge is -2.49. The summed E-state index contributed by atoms with van der Waals surface area (Å²) in [4.78, 5) is 0. The molecule has 0 nitrogen and oxygen atoms in total. The zero-order chi connectivity index (χ0) is 74.5. The highest BCUT2D eigenvalue weighted by Crippen LogP contribution is 2.79. The van der Waals surface area contributed by atoms with E-state index < -0.39 is 0 Å². The maximum Gasteiger partial charge on any atom is -0.0321 e. The molecule has 0 N–H and O–H groups in total. The average molecular weight is 1550 g/mol. The number of rotatable bonds is 0. The standard InChI is InChI=1S/C17H24.C15H22.C15H24.C14H20.C12H18.C11H18.C10H16.7C2H6.4CH4/c1-2-9-5-8(1)14-12-7-13(15(9)14)17-11-4-3-10(6-11)16(12)17;1-2-10-11(3-1)13-7-12(10)14-8-4-5-9(6-8)15(13)14;1-2-4-11-9-15-13-6-5-12(7-13)14(15)8-10(11)3-1;1-2-8-5-7(1)13-11-6-12(14(8)13)10-4-3-9(10)11;1-2-8-5-7(1)11-9-3-4-10(6-9)12(8)11;1-2-4-11-9-6-5-8(7-9)10(11)3-1;1-2-9-7-4-5-8(6-7)10(9)3-1;7*1-2;;;;/h8-17H,1-7H2;8-15H,1-7H2;10-15H,1-9H2;7-14H,1-6H2;7-12H,1-6H2;8-11H,1-7H2;7-10H,1-6H2;7*1-2H3;4*1H4. The first-order valence-electron chi connectivity index (χ1n) is 53.5. The summed E-state index contributed by atoms with van der Waals surface area (Å²) >= 11 is 0. The van der Waals surface area contributed by atoms with E-state index in [-0.39, 0.29) is 29.7 Å². The van der Waals surface area contributed by atoms with Crippen molar-refractivity contribution in [1.82, 2.24) is 0 Å². The zero-order valence-electron chi connectivity index (χ0n) is 74.5. The van der Waals surface area contributed by atoms with E-state index in [0.29, 0.717) is 0 Å². The van der Waals surface area contributed by atoms with Crippen molar-refractivity contribution >= 4 is 0 Å². The van der Waals surface area contributed by atoms with Crippen LogP contribution in [0.15, 0.2) is 0 Å². The lowest BCUT2D eigenvalue weighted by molar-refractivity contribution is -0.00279. The van der Waals surface area contributed by atoms with Crippen LogP contribution in [0.2, 0.25) is 0 Å². The van der Waals surface area contributed by atoms with Gasteiger partial charge in [-0.05, 0) is 529 Å². The molecule has 0 aromatic carbocycles. The molecule has 0 amide bonds. The summed E-state index contributed by atoms with van der Waals surface area (Å²) in [5.41, 5.74) is 0. The summed E-state index contributed by atoms with van der Waals surface area (Å²) < 4.78 is 0. The third-order valence-electron chi connectivity index (χ3n) is 44.1. The molecule has 30 fully saturated rings. The van der Waals surface area contributed by atoms with E-state index in [4.69, 9.17) is 0 Å². The molecule has 112 heavy (non-hydrogen) atoms. The van der Waals surface area contributed by atoms with E-state index in [1.807, 2.05) is 96.9 Å². The predicted octanol–water partition coefficient (Wildman–Crippen LogP) is 34.1. The Morgan fingerprint density at radius 3 is 0.518 bits per heavy atom. The van der Waals surface area contributed by atoms with E-state index >= 15 is 0 Å². The van der Waals surface area contributed by atoms with Crippen LogP contribution >= 0.6 is 0 Å². The van der Waals surface area contributed by atoms with Crippen molar-refractivity contribution in [2.45, 2.75) is 435 Å². The van der Waals surface area contributed by atoms with Crippen LogP contribution in [0.3, 0.4) is 0 Å². The molecule has 648 valence electrons. The van der Waals surface area contributed by atoms with Crippen molar-refractivity contribution in [2.75, 3.05) is 0 Å². The highest BCUT2D eigenvalue weighted by atomic mass is 14.8. The molecule has 0 spiro atoms. The van der Waals surface area contributed by atoms with Gasteiger partial charge in [0.2, 0.25) is 0 Å². The smallest absolute Gasteiger partial charge is 0.0321 e. The summed E-state index contributed by atoms with van der Waals surface area (Å²) in [6.07, 6.45) is 77.4. The van der Waals surface area contributed by atoms with Gasteiger partial charge in [0.1, 0.15) is 0 Å². The maximum atomic E-state index is 2.00. The molecule has 0 heteroatoms. The minimum atomic E-state index is 0. The molecule has 30 rings (SSSR count). The molecule has 30 aliphatic carbocycles. The second kappa shape index (κ2) is 38.8. The molecule has 0 heterocycles. The van der Waals surface area contributed by atoms with Crippen LogP contribution in [0.5, 0.6) is 0 Å². The highest BCUT2D eigenvalue weighted by Gasteiger charge is 2.72. The van der Waals surface area contributed by atoms with Crippen LogP contribution in [-0.4, -0.2) is 0 Å². The maximum absolute atomic E-state index is 2.00. The Morgan fingerprint density at radius 1 is 0.0982 bits per heavy atom. The van der Waals surface area contributed by atoms with E-state index in [0.717, 1.165) is 0 Å². The average Bonchev–Trinajstić information content (AvgIpc) is 1.54. The first kappa shape index (κ1) is 89.7. The van der Waals surface area contributed by atoms with Crippen molar-refractivity contribution < 1.29 is 0 Å². The molecular weight excluding hydrogens is 1350 g/mol. The normalized spacial score (nSPS) is 55.0. The fourth-order valence-electron chi connectivity index (χ4n) is 42.5. The third-order valence-corrected chi connectivity index (χ3v) is 44.1. The number of hydrogen-bond donors (Lipinski definition) is 0. The second-order valence-corrected chi connectivity index (χ2v) is 45.1. The van der Waals surface area contributed by atoms with Crippen molar-refractivity contribution in [3.05, 3.63) is 0 Å². The van der Waals surface area contributed by atoms with Gasteiger partial charge >= 0.3 is 0 Å². The quantitative estimate of drug-likeness (QED) is 0.212. The monoisotopic (exact) mass is 1550 g/mol. The molecule has 24 bridgehead atoms. The Kier molecular flexibility index (Phi) is 31.1. The summed E-state index contributed by atoms with van der Waals surface area (Å²) in [7, 11) is 0. The lowest BCUT2D eigenvalue weighted by atomic mass is 9.56. The molecule has 0 aliphatic heterocycles. The molecule has 30 aliphatic rings. The van der Waals surface area contributed by atoms with E-state index in [9.17, 15) is 0 Å². The Morgan fingerprint density at radius 2 is 0.268 bits per heavy atom. The molecule has 0 saturated heterocycles. The molecule has 0 radical (unpaired) electrons. The van der Waals surface area contributed by atoms with Crippen molar-refractivity contribution in [3.8, 4) is 0 Å². The largest absolute Gasteiger partial charge is 0.0776 e. The van der Waals surface area contributed by atoms with Gasteiger partial charge in [-0.3, -0.25) is 0 Å². The number of hydrogen-bond acceptors (Lipinski definition) is 0. The minimum Gasteiger partial charge on any atom is -0.0776 e. The first-order chi connectivity index (χ1) is 53.5. The SMILES string of the molecule is C.C.C.C.C1CC2C(C1)C1CC2C2C3CCC(C3)C12.C1CC2C3CCC(C3)C2C1.C1CC2CC1C1C3CC(C21)C1C2CCC(C2)C31.C1CC2CC1C1C3CC(C4CCC43)C21.C1CC2CC1C1C3CCC(C3)C21.C1CCC2C3CCC(C3)C2C1.C1CCC2CC3C4CCC(C4)C3CC2C1.CC.CC.CC.CC.CC.CC.CC. The van der Waals surface area contributed by atoms with Crippen LogP contribution < -0.4 is 0 Å². The Hall–Kier alpha value is 0. The molecule has 42 atom stereocenters. The fourth-order valence-corrected chi connectivity index (χ4v) is 42.5. The fraction of sp³-hybridized carbons (Fsp3) is 1.00. The predicted molar refractivity (Wildman–Crippen MR) is 489 cm³/mol. The zero-order valence-corrected chi connectivity index (χ0v) is 74.5. The van der Waals surface area contributed by atoms with Gasteiger partial charge in [0.15, 0.2) is 0 Å². The van der Waals surface area contributed by atoms with Gasteiger partial charge in [-0.2, -0.15) is 0 Å². The summed E-state index contributed by atoms with van der Waals surface area (Å²) in [5.74, 6) is 55.9. The third kappa shape index (κ3) is 14.9. The van der Waals surface area contributed by atoms with Crippen LogP contribution in [0.4, 0.5) is 0 Å². The van der Waals surface area contributed by atoms with E-state index in [1.165, 1.54) is 272 Å². The Balaban J connectivity index is 0.000000111. The minimum absolute atomic E-state index is 0. The van der Waals surface area contributed by atoms with Gasteiger partial charge in [0.25, 0.3) is 0 Å². The van der Waals surface area contributed by atoms with Crippen molar-refractivity contribution in [2.24, 2.45) is 272 Å². The molecule has 0 aromatic heterocycles. The summed E-state index contributed by atoms with van der Waals surface area (Å²) in [5, 5.41) is 0. The molecule has 30 saturated carbocycles. The van der Waals surface area contributed by atoms with E-state index in [1.54, 1.807) is 308 Å². The van der Waals surface area contributed by atoms with Gasteiger partial charge in [-0.15, -0.1) is 0 Å².